The van der Waals surface area contributed by atoms with E-state index < -0.39 is 0 Å². The molecule has 4 aromatic rings. The number of benzene rings is 2. The molecule has 33 heavy (non-hydrogen) atoms. The number of para-hydroxylation sites is 1. The zero-order valence-corrected chi connectivity index (χ0v) is 19.7. The average molecular weight is 463 g/mol. The molecule has 1 fully saturated rings. The van der Waals surface area contributed by atoms with Gasteiger partial charge in [0.05, 0.1) is 10.9 Å². The van der Waals surface area contributed by atoms with Crippen molar-refractivity contribution in [3.05, 3.63) is 58.9 Å². The predicted molar refractivity (Wildman–Crippen MR) is 133 cm³/mol. The fraction of sp³-hybridized carbons (Fsp3) is 0.333. The van der Waals surface area contributed by atoms with Crippen LogP contribution in [-0.2, 0) is 4.79 Å². The highest BCUT2D eigenvalue weighted by atomic mass is 32.1. The van der Waals surface area contributed by atoms with Crippen LogP contribution in [-0.4, -0.2) is 51.6 Å². The van der Waals surface area contributed by atoms with Gasteiger partial charge in [-0.2, -0.15) is 4.52 Å². The predicted octanol–water partition coefficient (Wildman–Crippen LogP) is 3.74. The first-order valence-corrected chi connectivity index (χ1v) is 11.8. The molecule has 0 saturated carbocycles. The number of carbonyl (C=O) groups is 1. The van der Waals surface area contributed by atoms with Crippen molar-refractivity contribution in [2.45, 2.75) is 20.8 Å². The van der Waals surface area contributed by atoms with Gasteiger partial charge in [0.15, 0.2) is 0 Å². The van der Waals surface area contributed by atoms with Crippen LogP contribution in [0, 0.1) is 5.41 Å². The maximum Gasteiger partial charge on any atom is 0.283 e. The second-order valence-corrected chi connectivity index (χ2v) is 10.2. The van der Waals surface area contributed by atoms with Gasteiger partial charge in [0.2, 0.25) is 16.0 Å². The van der Waals surface area contributed by atoms with Gasteiger partial charge in [-0.15, -0.1) is 5.10 Å². The molecule has 1 aliphatic heterocycles. The van der Waals surface area contributed by atoms with Crippen LogP contribution in [0.15, 0.2) is 53.3 Å². The Morgan fingerprint density at radius 3 is 2.55 bits per heavy atom. The monoisotopic (exact) mass is 462 g/mol. The van der Waals surface area contributed by atoms with E-state index in [0.29, 0.717) is 34.1 Å². The van der Waals surface area contributed by atoms with Gasteiger partial charge in [-0.3, -0.25) is 9.59 Å². The number of amides is 1. The average Bonchev–Trinajstić information content (AvgIpc) is 3.21. The van der Waals surface area contributed by atoms with E-state index in [2.05, 4.69) is 32.4 Å². The minimum absolute atomic E-state index is 0.170. The number of hydrogen-bond acceptors (Lipinski definition) is 7. The molecule has 8 nitrogen and oxygen atoms in total. The molecule has 1 aliphatic rings. The normalized spacial score (nSPS) is 14.8. The number of fused-ring (bicyclic) bond motifs is 2. The zero-order valence-electron chi connectivity index (χ0n) is 18.9. The van der Waals surface area contributed by atoms with Crippen LogP contribution >= 0.6 is 11.3 Å². The third kappa shape index (κ3) is 4.16. The van der Waals surface area contributed by atoms with Gasteiger partial charge in [-0.25, -0.2) is 4.98 Å². The Balaban J connectivity index is 1.34. The van der Waals surface area contributed by atoms with Gasteiger partial charge in [0.1, 0.15) is 0 Å². The van der Waals surface area contributed by atoms with Crippen molar-refractivity contribution >= 4 is 49.6 Å². The van der Waals surface area contributed by atoms with E-state index in [1.54, 1.807) is 6.07 Å². The lowest BCUT2D eigenvalue weighted by Crippen LogP contribution is -2.51. The largest absolute Gasteiger partial charge is 0.368 e. The molecule has 0 radical (unpaired) electrons. The number of aromatic nitrogens is 3. The Labute approximate surface area is 195 Å². The lowest BCUT2D eigenvalue weighted by atomic mass is 9.94. The molecule has 0 bridgehead atoms. The number of carbonyl (C=O) groups excluding carboxylic acids is 1. The maximum absolute atomic E-state index is 12.8. The van der Waals surface area contributed by atoms with Crippen LogP contribution in [0.4, 0.5) is 16.5 Å². The highest BCUT2D eigenvalue weighted by molar-refractivity contribution is 7.20. The first-order valence-electron chi connectivity index (χ1n) is 11.0. The van der Waals surface area contributed by atoms with E-state index in [-0.39, 0.29) is 16.9 Å². The van der Waals surface area contributed by atoms with Crippen molar-refractivity contribution in [3.8, 4) is 0 Å². The molecule has 1 amide bonds. The zero-order chi connectivity index (χ0) is 23.2. The molecule has 0 aliphatic carbocycles. The first kappa shape index (κ1) is 21.4. The molecule has 5 rings (SSSR count). The Morgan fingerprint density at radius 1 is 1.03 bits per heavy atom. The van der Waals surface area contributed by atoms with Gasteiger partial charge >= 0.3 is 0 Å². The number of nitrogens with one attached hydrogen (secondary N) is 1. The van der Waals surface area contributed by atoms with Crippen LogP contribution in [0.1, 0.15) is 20.8 Å². The maximum atomic E-state index is 12.8. The Kier molecular flexibility index (Phi) is 5.28. The second kappa shape index (κ2) is 8.15. The van der Waals surface area contributed by atoms with Crippen LogP contribution in [0.2, 0.25) is 0 Å². The number of piperazine rings is 1. The van der Waals surface area contributed by atoms with Crippen LogP contribution in [0.5, 0.6) is 0 Å². The van der Waals surface area contributed by atoms with E-state index in [0.717, 1.165) is 24.5 Å². The Morgan fingerprint density at radius 2 is 1.79 bits per heavy atom. The number of hydrogen-bond donors (Lipinski definition) is 1. The molecular weight excluding hydrogens is 436 g/mol. The fourth-order valence-electron chi connectivity index (χ4n) is 4.05. The Bertz CT molecular complexity index is 1400. The number of anilines is 3. The Hall–Kier alpha value is -3.46. The van der Waals surface area contributed by atoms with Crippen molar-refractivity contribution in [1.29, 1.82) is 0 Å². The minimum atomic E-state index is -0.355. The van der Waals surface area contributed by atoms with Crippen LogP contribution in [0.3, 0.4) is 0 Å². The van der Waals surface area contributed by atoms with Crippen LogP contribution in [0.25, 0.3) is 15.9 Å². The summed E-state index contributed by atoms with van der Waals surface area (Å²) in [6.45, 7) is 8.90. The van der Waals surface area contributed by atoms with Gasteiger partial charge in [-0.1, -0.05) is 50.3 Å². The fourth-order valence-corrected chi connectivity index (χ4v) is 4.87. The van der Waals surface area contributed by atoms with Gasteiger partial charge in [0.25, 0.3) is 5.56 Å². The van der Waals surface area contributed by atoms with Crippen molar-refractivity contribution in [2.24, 2.45) is 5.41 Å². The van der Waals surface area contributed by atoms with E-state index in [9.17, 15) is 9.59 Å². The molecular formula is C24H26N6O2S. The van der Waals surface area contributed by atoms with Gasteiger partial charge in [0, 0.05) is 43.0 Å². The van der Waals surface area contributed by atoms with Crippen molar-refractivity contribution < 1.29 is 4.79 Å². The lowest BCUT2D eigenvalue weighted by molar-refractivity contribution is -0.139. The van der Waals surface area contributed by atoms with Crippen molar-refractivity contribution in [1.82, 2.24) is 19.5 Å². The van der Waals surface area contributed by atoms with Crippen molar-refractivity contribution in [3.63, 3.8) is 0 Å². The molecule has 2 aromatic heterocycles. The number of nitrogens with zero attached hydrogens (tertiary/aromatic N) is 5. The number of rotatable bonds is 3. The third-order valence-electron chi connectivity index (χ3n) is 5.77. The van der Waals surface area contributed by atoms with E-state index in [1.165, 1.54) is 15.9 Å². The molecule has 0 atom stereocenters. The summed E-state index contributed by atoms with van der Waals surface area (Å²) in [7, 11) is 0. The minimum Gasteiger partial charge on any atom is -0.368 e. The van der Waals surface area contributed by atoms with E-state index in [1.807, 2.05) is 56.0 Å². The second-order valence-electron chi connectivity index (χ2n) is 9.24. The quantitative estimate of drug-likeness (QED) is 0.499. The summed E-state index contributed by atoms with van der Waals surface area (Å²) in [5.74, 6) is 0.199. The smallest absolute Gasteiger partial charge is 0.283 e. The summed E-state index contributed by atoms with van der Waals surface area (Å²) in [5, 5.41) is 8.92. The standard InChI is InChI=1S/C24H26N6O2S/c1-24(2,3)21(32)29-13-11-28(12-14-29)17-8-6-7-16(15-17)25-22-27-30-20(31)18-9-4-5-10-19(18)26-23(30)33-22/h4-10,15H,11-14H2,1-3H3,(H,25,27). The molecule has 1 saturated heterocycles. The molecule has 0 unspecified atom stereocenters. The molecule has 3 heterocycles. The summed E-state index contributed by atoms with van der Waals surface area (Å²) < 4.78 is 1.35. The summed E-state index contributed by atoms with van der Waals surface area (Å²) in [6.07, 6.45) is 0. The molecule has 2 aromatic carbocycles. The summed E-state index contributed by atoms with van der Waals surface area (Å²) in [4.78, 5) is 34.7. The molecule has 170 valence electrons. The highest BCUT2D eigenvalue weighted by Crippen LogP contribution is 2.27. The molecule has 9 heteroatoms. The third-order valence-corrected chi connectivity index (χ3v) is 6.60. The van der Waals surface area contributed by atoms with Crippen LogP contribution < -0.4 is 15.8 Å². The molecule has 0 spiro atoms. The SMILES string of the molecule is CC(C)(C)C(=O)N1CCN(c2cccc(Nc3nn4c(=O)c5ccccc5nc4s3)c2)CC1. The van der Waals surface area contributed by atoms with Gasteiger partial charge in [-0.05, 0) is 30.3 Å². The first-order chi connectivity index (χ1) is 15.8. The summed E-state index contributed by atoms with van der Waals surface area (Å²) in [6, 6.07) is 15.4. The topological polar surface area (TPSA) is 82.8 Å². The highest BCUT2D eigenvalue weighted by Gasteiger charge is 2.29. The van der Waals surface area contributed by atoms with E-state index in [4.69, 9.17) is 0 Å². The van der Waals surface area contributed by atoms with E-state index >= 15 is 0 Å². The van der Waals surface area contributed by atoms with Crippen molar-refractivity contribution in [2.75, 3.05) is 36.4 Å². The summed E-state index contributed by atoms with van der Waals surface area (Å²) >= 11 is 1.34. The molecule has 1 N–H and O–H groups in total. The van der Waals surface area contributed by atoms with Gasteiger partial charge < -0.3 is 15.1 Å². The summed E-state index contributed by atoms with van der Waals surface area (Å²) in [5.41, 5.74) is 2.12. The lowest BCUT2D eigenvalue weighted by Gasteiger charge is -2.38.